The first-order chi connectivity index (χ1) is 10.7. The molecule has 1 amide bonds. The maximum atomic E-state index is 11.5. The fourth-order valence-corrected chi connectivity index (χ4v) is 1.83. The van der Waals surface area contributed by atoms with Gasteiger partial charge in [0.25, 0.3) is 0 Å². The predicted octanol–water partition coefficient (Wildman–Crippen LogP) is 2.93. The molecular formula is C15H23N3O5. The third-order valence-corrected chi connectivity index (χ3v) is 2.74. The number of anilines is 1. The Hall–Kier alpha value is -2.51. The zero-order valence-corrected chi connectivity index (χ0v) is 13.8. The molecule has 8 nitrogen and oxygen atoms in total. The Bertz CT molecular complexity index is 555. The van der Waals surface area contributed by atoms with Gasteiger partial charge in [-0.1, -0.05) is 6.07 Å². The van der Waals surface area contributed by atoms with Gasteiger partial charge in [0.15, 0.2) is 5.75 Å². The first-order valence-corrected chi connectivity index (χ1v) is 7.26. The molecule has 0 bridgehead atoms. The second kappa shape index (κ2) is 8.21. The molecule has 128 valence electrons. The largest absolute Gasteiger partial charge is 0.490 e. The number of nitrogens with one attached hydrogen (secondary N) is 2. The second-order valence-corrected chi connectivity index (χ2v) is 5.82. The lowest BCUT2D eigenvalue weighted by Gasteiger charge is -2.19. The molecule has 0 fully saturated rings. The monoisotopic (exact) mass is 325 g/mol. The van der Waals surface area contributed by atoms with Gasteiger partial charge in [0.1, 0.15) is 11.3 Å². The van der Waals surface area contributed by atoms with E-state index in [4.69, 9.17) is 9.47 Å². The molecule has 0 atom stereocenters. The SMILES string of the molecule is COc1cccc(NCCCNC(=O)OC(C)(C)C)c1[N+](=O)[O-]. The van der Waals surface area contributed by atoms with E-state index in [2.05, 4.69) is 10.6 Å². The standard InChI is InChI=1S/C15H23N3O5/c1-15(2,3)23-14(19)17-10-6-9-16-11-7-5-8-12(22-4)13(11)18(20)21/h5,7-8,16H,6,9-10H2,1-4H3,(H,17,19). The Morgan fingerprint density at radius 3 is 2.57 bits per heavy atom. The van der Waals surface area contributed by atoms with Crippen molar-refractivity contribution >= 4 is 17.5 Å². The van der Waals surface area contributed by atoms with Gasteiger partial charge in [-0.15, -0.1) is 0 Å². The molecule has 1 aromatic rings. The highest BCUT2D eigenvalue weighted by Gasteiger charge is 2.20. The third-order valence-electron chi connectivity index (χ3n) is 2.74. The van der Waals surface area contributed by atoms with Crippen LogP contribution >= 0.6 is 0 Å². The highest BCUT2D eigenvalue weighted by atomic mass is 16.6. The van der Waals surface area contributed by atoms with Crippen molar-refractivity contribution in [3.05, 3.63) is 28.3 Å². The number of nitro benzene ring substituents is 1. The first-order valence-electron chi connectivity index (χ1n) is 7.26. The fourth-order valence-electron chi connectivity index (χ4n) is 1.83. The predicted molar refractivity (Wildman–Crippen MR) is 87.0 cm³/mol. The minimum Gasteiger partial charge on any atom is -0.490 e. The fraction of sp³-hybridized carbons (Fsp3) is 0.533. The Morgan fingerprint density at radius 2 is 2.00 bits per heavy atom. The minimum atomic E-state index is -0.538. The lowest BCUT2D eigenvalue weighted by Crippen LogP contribution is -2.33. The van der Waals surface area contributed by atoms with Crippen LogP contribution in [0.1, 0.15) is 27.2 Å². The number of carbonyl (C=O) groups excluding carboxylic acids is 1. The number of alkyl carbamates (subject to hydrolysis) is 1. The summed E-state index contributed by atoms with van der Waals surface area (Å²) >= 11 is 0. The Balaban J connectivity index is 2.45. The van der Waals surface area contributed by atoms with Crippen LogP contribution in [0.5, 0.6) is 5.75 Å². The highest BCUT2D eigenvalue weighted by Crippen LogP contribution is 2.34. The van der Waals surface area contributed by atoms with Crippen LogP contribution < -0.4 is 15.4 Å². The minimum absolute atomic E-state index is 0.102. The van der Waals surface area contributed by atoms with E-state index in [9.17, 15) is 14.9 Å². The zero-order valence-electron chi connectivity index (χ0n) is 13.8. The molecule has 0 heterocycles. The molecule has 8 heteroatoms. The van der Waals surface area contributed by atoms with E-state index in [0.717, 1.165) is 0 Å². The molecule has 0 aliphatic rings. The second-order valence-electron chi connectivity index (χ2n) is 5.82. The van der Waals surface area contributed by atoms with Gasteiger partial charge < -0.3 is 20.1 Å². The summed E-state index contributed by atoms with van der Waals surface area (Å²) in [4.78, 5) is 22.1. The zero-order chi connectivity index (χ0) is 17.5. The van der Waals surface area contributed by atoms with Gasteiger partial charge in [-0.2, -0.15) is 0 Å². The number of para-hydroxylation sites is 1. The lowest BCUT2D eigenvalue weighted by molar-refractivity contribution is -0.384. The smallest absolute Gasteiger partial charge is 0.407 e. The van der Waals surface area contributed by atoms with Crippen LogP contribution in [0, 0.1) is 10.1 Å². The van der Waals surface area contributed by atoms with Gasteiger partial charge in [0.05, 0.1) is 12.0 Å². The molecule has 0 radical (unpaired) electrons. The van der Waals surface area contributed by atoms with E-state index in [1.807, 2.05) is 0 Å². The first kappa shape index (κ1) is 18.5. The van der Waals surface area contributed by atoms with Gasteiger partial charge in [0.2, 0.25) is 0 Å². The van der Waals surface area contributed by atoms with Crippen molar-refractivity contribution in [1.29, 1.82) is 0 Å². The molecule has 0 aliphatic heterocycles. The van der Waals surface area contributed by atoms with Gasteiger partial charge in [-0.25, -0.2) is 4.79 Å². The number of rotatable bonds is 7. The van der Waals surface area contributed by atoms with Crippen LogP contribution in [-0.4, -0.2) is 36.8 Å². The van der Waals surface area contributed by atoms with Crippen molar-refractivity contribution in [2.75, 3.05) is 25.5 Å². The van der Waals surface area contributed by atoms with E-state index >= 15 is 0 Å². The number of hydrogen-bond acceptors (Lipinski definition) is 6. The summed E-state index contributed by atoms with van der Waals surface area (Å²) in [5.74, 6) is 0.201. The van der Waals surface area contributed by atoms with E-state index in [-0.39, 0.29) is 11.4 Å². The molecule has 0 unspecified atom stereocenters. The Labute approximate surface area is 135 Å². The summed E-state index contributed by atoms with van der Waals surface area (Å²) in [6, 6.07) is 4.82. The lowest BCUT2D eigenvalue weighted by atomic mass is 10.2. The van der Waals surface area contributed by atoms with E-state index in [0.29, 0.717) is 25.2 Å². The number of amides is 1. The van der Waals surface area contributed by atoms with Crippen LogP contribution in [0.2, 0.25) is 0 Å². The summed E-state index contributed by atoms with van der Waals surface area (Å²) in [5.41, 5.74) is -0.259. The molecule has 0 aliphatic carbocycles. The van der Waals surface area contributed by atoms with Crippen molar-refractivity contribution in [1.82, 2.24) is 5.32 Å². The Kier molecular flexibility index (Phi) is 6.62. The number of carbonyl (C=O) groups is 1. The normalized spacial score (nSPS) is 10.8. The quantitative estimate of drug-likeness (QED) is 0.454. The molecule has 0 spiro atoms. The number of nitrogens with zero attached hydrogens (tertiary/aromatic N) is 1. The number of benzene rings is 1. The maximum Gasteiger partial charge on any atom is 0.407 e. The van der Waals surface area contributed by atoms with Gasteiger partial charge >= 0.3 is 11.8 Å². The van der Waals surface area contributed by atoms with Crippen LogP contribution in [-0.2, 0) is 4.74 Å². The van der Waals surface area contributed by atoms with Gasteiger partial charge in [-0.3, -0.25) is 10.1 Å². The number of ether oxygens (including phenoxy) is 2. The molecular weight excluding hydrogens is 302 g/mol. The van der Waals surface area contributed by atoms with Crippen molar-refractivity contribution < 1.29 is 19.2 Å². The molecule has 1 rings (SSSR count). The molecule has 0 saturated heterocycles. The third kappa shape index (κ3) is 6.41. The average Bonchev–Trinajstić information content (AvgIpc) is 2.44. The van der Waals surface area contributed by atoms with Crippen molar-refractivity contribution in [3.8, 4) is 5.75 Å². The van der Waals surface area contributed by atoms with Gasteiger partial charge in [-0.05, 0) is 39.3 Å². The van der Waals surface area contributed by atoms with Crippen LogP contribution in [0.15, 0.2) is 18.2 Å². The Morgan fingerprint density at radius 1 is 1.30 bits per heavy atom. The van der Waals surface area contributed by atoms with Crippen molar-refractivity contribution in [2.45, 2.75) is 32.8 Å². The molecule has 2 N–H and O–H groups in total. The molecule has 0 aromatic heterocycles. The average molecular weight is 325 g/mol. The molecule has 23 heavy (non-hydrogen) atoms. The van der Waals surface area contributed by atoms with E-state index in [1.165, 1.54) is 13.2 Å². The summed E-state index contributed by atoms with van der Waals surface area (Å²) in [7, 11) is 1.39. The van der Waals surface area contributed by atoms with Crippen LogP contribution in [0.25, 0.3) is 0 Å². The van der Waals surface area contributed by atoms with E-state index < -0.39 is 16.6 Å². The van der Waals surface area contributed by atoms with Crippen LogP contribution in [0.4, 0.5) is 16.2 Å². The summed E-state index contributed by atoms with van der Waals surface area (Å²) < 4.78 is 10.1. The number of nitro groups is 1. The number of hydrogen-bond donors (Lipinski definition) is 2. The number of methoxy groups -OCH3 is 1. The summed E-state index contributed by atoms with van der Waals surface area (Å²) in [5, 5.41) is 16.7. The maximum absolute atomic E-state index is 11.5. The molecule has 0 saturated carbocycles. The van der Waals surface area contributed by atoms with Crippen molar-refractivity contribution in [3.63, 3.8) is 0 Å². The summed E-state index contributed by atoms with van der Waals surface area (Å²) in [6.07, 6.45) is 0.109. The summed E-state index contributed by atoms with van der Waals surface area (Å²) in [6.45, 7) is 6.23. The molecule has 1 aromatic carbocycles. The highest BCUT2D eigenvalue weighted by molar-refractivity contribution is 5.68. The van der Waals surface area contributed by atoms with Gasteiger partial charge in [0, 0.05) is 13.1 Å². The van der Waals surface area contributed by atoms with E-state index in [1.54, 1.807) is 32.9 Å². The van der Waals surface area contributed by atoms with Crippen molar-refractivity contribution in [2.24, 2.45) is 0 Å². The topological polar surface area (TPSA) is 103 Å². The van der Waals surface area contributed by atoms with Crippen LogP contribution in [0.3, 0.4) is 0 Å².